The fraction of sp³-hybridized carbons (Fsp3) is 0.318. The van der Waals surface area contributed by atoms with Gasteiger partial charge in [0.1, 0.15) is 5.69 Å². The molecule has 0 atom stereocenters. The van der Waals surface area contributed by atoms with Crippen LogP contribution in [0.15, 0.2) is 54.0 Å². The smallest absolute Gasteiger partial charge is 0.257 e. The highest BCUT2D eigenvalue weighted by Crippen LogP contribution is 2.27. The first kappa shape index (κ1) is 20.3. The van der Waals surface area contributed by atoms with Gasteiger partial charge >= 0.3 is 0 Å². The molecule has 4 rings (SSSR count). The number of amides is 2. The Morgan fingerprint density at radius 2 is 1.90 bits per heavy atom. The summed E-state index contributed by atoms with van der Waals surface area (Å²) >= 11 is 1.54. The molecule has 0 bridgehead atoms. The summed E-state index contributed by atoms with van der Waals surface area (Å²) in [5.74, 6) is -0.275. The minimum absolute atomic E-state index is 0.0343. The lowest BCUT2D eigenvalue weighted by molar-refractivity contribution is -0.135. The molecule has 0 unspecified atom stereocenters. The highest BCUT2D eigenvalue weighted by Gasteiger charge is 2.25. The van der Waals surface area contributed by atoms with Crippen molar-refractivity contribution in [1.82, 2.24) is 19.6 Å². The Hall–Kier alpha value is -2.97. The first-order valence-electron chi connectivity index (χ1n) is 9.88. The van der Waals surface area contributed by atoms with Crippen molar-refractivity contribution in [2.24, 2.45) is 0 Å². The molecule has 1 fully saturated rings. The summed E-state index contributed by atoms with van der Waals surface area (Å²) in [7, 11) is 1.66. The average molecular weight is 425 g/mol. The van der Waals surface area contributed by atoms with Crippen molar-refractivity contribution in [3.8, 4) is 10.6 Å². The molecule has 0 aliphatic carbocycles. The third kappa shape index (κ3) is 4.60. The van der Waals surface area contributed by atoms with Crippen LogP contribution < -0.4 is 0 Å². The minimum Gasteiger partial charge on any atom is -0.378 e. The molecule has 1 saturated heterocycles. The van der Waals surface area contributed by atoms with Crippen molar-refractivity contribution in [2.75, 3.05) is 39.9 Å². The fourth-order valence-electron chi connectivity index (χ4n) is 3.42. The first-order valence-corrected chi connectivity index (χ1v) is 10.8. The predicted octanol–water partition coefficient (Wildman–Crippen LogP) is 2.59. The Labute approximate surface area is 179 Å². The molecule has 1 aliphatic rings. The zero-order valence-corrected chi connectivity index (χ0v) is 17.7. The molecule has 3 heterocycles. The molecule has 30 heavy (non-hydrogen) atoms. The molecular formula is C22H24N4O3S. The van der Waals surface area contributed by atoms with Gasteiger partial charge in [0, 0.05) is 26.3 Å². The molecule has 0 spiro atoms. The van der Waals surface area contributed by atoms with Gasteiger partial charge < -0.3 is 14.5 Å². The van der Waals surface area contributed by atoms with Gasteiger partial charge in [-0.15, -0.1) is 11.3 Å². The SMILES string of the molecule is CN(CC(=O)N1CCOCC1)C(=O)c1cn(Cc2ccccc2)nc1-c1cccs1. The highest BCUT2D eigenvalue weighted by atomic mass is 32.1. The second kappa shape index (κ2) is 9.23. The summed E-state index contributed by atoms with van der Waals surface area (Å²) in [6, 6.07) is 13.9. The second-order valence-electron chi connectivity index (χ2n) is 7.21. The molecule has 0 radical (unpaired) electrons. The number of rotatable bonds is 6. The van der Waals surface area contributed by atoms with Crippen LogP contribution in [0, 0.1) is 0 Å². The van der Waals surface area contributed by atoms with Crippen LogP contribution in [0.5, 0.6) is 0 Å². The number of carbonyl (C=O) groups excluding carboxylic acids is 2. The normalized spacial score (nSPS) is 14.0. The van der Waals surface area contributed by atoms with Crippen molar-refractivity contribution in [2.45, 2.75) is 6.54 Å². The second-order valence-corrected chi connectivity index (χ2v) is 8.15. The van der Waals surface area contributed by atoms with Crippen LogP contribution in [0.1, 0.15) is 15.9 Å². The van der Waals surface area contributed by atoms with E-state index in [0.29, 0.717) is 44.1 Å². The number of carbonyl (C=O) groups is 2. The summed E-state index contributed by atoms with van der Waals surface area (Å²) in [4.78, 5) is 29.9. The number of likely N-dealkylation sites (N-methyl/N-ethyl adjacent to an activating group) is 1. The third-order valence-electron chi connectivity index (χ3n) is 5.02. The van der Waals surface area contributed by atoms with E-state index in [9.17, 15) is 9.59 Å². The first-order chi connectivity index (χ1) is 14.6. The zero-order chi connectivity index (χ0) is 20.9. The molecule has 1 aliphatic heterocycles. The molecule has 3 aromatic rings. The summed E-state index contributed by atoms with van der Waals surface area (Å²) in [5, 5.41) is 6.65. The maximum absolute atomic E-state index is 13.2. The third-order valence-corrected chi connectivity index (χ3v) is 5.89. The quantitative estimate of drug-likeness (QED) is 0.610. The van der Waals surface area contributed by atoms with Crippen LogP contribution in [0.3, 0.4) is 0 Å². The molecule has 8 heteroatoms. The van der Waals surface area contributed by atoms with Crippen molar-refractivity contribution in [3.63, 3.8) is 0 Å². The number of hydrogen-bond donors (Lipinski definition) is 0. The van der Waals surface area contributed by atoms with Crippen molar-refractivity contribution in [1.29, 1.82) is 0 Å². The number of aromatic nitrogens is 2. The van der Waals surface area contributed by atoms with Crippen molar-refractivity contribution in [3.05, 3.63) is 65.2 Å². The molecule has 2 aromatic heterocycles. The standard InChI is InChI=1S/C22H24N4O3S/c1-24(16-20(27)25-9-11-29-12-10-25)22(28)18-15-26(14-17-6-3-2-4-7-17)23-21(18)19-8-5-13-30-19/h2-8,13,15H,9-12,14,16H2,1H3. The Balaban J connectivity index is 1.55. The van der Waals surface area contributed by atoms with Crippen LogP contribution in [0.2, 0.25) is 0 Å². The lowest BCUT2D eigenvalue weighted by atomic mass is 10.2. The lowest BCUT2D eigenvalue weighted by Crippen LogP contribution is -2.46. The Morgan fingerprint density at radius 1 is 1.13 bits per heavy atom. The van der Waals surface area contributed by atoms with Crippen LogP contribution in [-0.2, 0) is 16.1 Å². The molecule has 1 aromatic carbocycles. The van der Waals surface area contributed by atoms with Gasteiger partial charge in [-0.3, -0.25) is 14.3 Å². The number of hydrogen-bond acceptors (Lipinski definition) is 5. The molecule has 0 N–H and O–H groups in total. The van der Waals surface area contributed by atoms with Gasteiger partial charge in [0.2, 0.25) is 5.91 Å². The van der Waals surface area contributed by atoms with Gasteiger partial charge in [0.25, 0.3) is 5.91 Å². The molecule has 156 valence electrons. The maximum atomic E-state index is 13.2. The van der Waals surface area contributed by atoms with E-state index in [2.05, 4.69) is 5.10 Å². The van der Waals surface area contributed by atoms with E-state index in [1.54, 1.807) is 22.8 Å². The summed E-state index contributed by atoms with van der Waals surface area (Å²) in [6.07, 6.45) is 1.78. The van der Waals surface area contributed by atoms with Gasteiger partial charge in [-0.2, -0.15) is 5.10 Å². The average Bonchev–Trinajstić information content (AvgIpc) is 3.44. The highest BCUT2D eigenvalue weighted by molar-refractivity contribution is 7.13. The number of benzene rings is 1. The van der Waals surface area contributed by atoms with E-state index < -0.39 is 0 Å². The summed E-state index contributed by atoms with van der Waals surface area (Å²) < 4.78 is 7.08. The molecule has 0 saturated carbocycles. The van der Waals surface area contributed by atoms with E-state index in [-0.39, 0.29) is 18.4 Å². The van der Waals surface area contributed by atoms with Gasteiger partial charge in [0.15, 0.2) is 0 Å². The van der Waals surface area contributed by atoms with E-state index in [0.717, 1.165) is 10.4 Å². The van der Waals surface area contributed by atoms with Crippen LogP contribution >= 0.6 is 11.3 Å². The monoisotopic (exact) mass is 424 g/mol. The number of nitrogens with zero attached hydrogens (tertiary/aromatic N) is 4. The number of ether oxygens (including phenoxy) is 1. The largest absolute Gasteiger partial charge is 0.378 e. The topological polar surface area (TPSA) is 67.7 Å². The number of thiophene rings is 1. The van der Waals surface area contributed by atoms with E-state index in [4.69, 9.17) is 4.74 Å². The Bertz CT molecular complexity index is 995. The van der Waals surface area contributed by atoms with Gasteiger partial charge in [0.05, 0.1) is 36.7 Å². The predicted molar refractivity (Wildman–Crippen MR) is 115 cm³/mol. The number of morpholine rings is 1. The Morgan fingerprint density at radius 3 is 2.60 bits per heavy atom. The Kier molecular flexibility index (Phi) is 6.25. The zero-order valence-electron chi connectivity index (χ0n) is 16.9. The molecular weight excluding hydrogens is 400 g/mol. The fourth-order valence-corrected chi connectivity index (χ4v) is 4.14. The van der Waals surface area contributed by atoms with Crippen molar-refractivity contribution >= 4 is 23.2 Å². The van der Waals surface area contributed by atoms with Gasteiger partial charge in [-0.25, -0.2) is 0 Å². The summed E-state index contributed by atoms with van der Waals surface area (Å²) in [5.41, 5.74) is 2.26. The summed E-state index contributed by atoms with van der Waals surface area (Å²) in [6.45, 7) is 2.82. The van der Waals surface area contributed by atoms with Crippen LogP contribution in [0.25, 0.3) is 10.6 Å². The maximum Gasteiger partial charge on any atom is 0.257 e. The van der Waals surface area contributed by atoms with Crippen LogP contribution in [-0.4, -0.2) is 71.3 Å². The van der Waals surface area contributed by atoms with Crippen LogP contribution in [0.4, 0.5) is 0 Å². The molecule has 2 amide bonds. The van der Waals surface area contributed by atoms with E-state index in [1.807, 2.05) is 47.8 Å². The minimum atomic E-state index is -0.209. The van der Waals surface area contributed by atoms with Gasteiger partial charge in [-0.05, 0) is 17.0 Å². The van der Waals surface area contributed by atoms with Crippen molar-refractivity contribution < 1.29 is 14.3 Å². The van der Waals surface area contributed by atoms with E-state index in [1.165, 1.54) is 16.2 Å². The van der Waals surface area contributed by atoms with E-state index >= 15 is 0 Å². The molecule has 7 nitrogen and oxygen atoms in total. The van der Waals surface area contributed by atoms with Gasteiger partial charge in [-0.1, -0.05) is 36.4 Å². The lowest BCUT2D eigenvalue weighted by Gasteiger charge is -2.28.